The lowest BCUT2D eigenvalue weighted by Gasteiger charge is -2.22. The molecule has 1 atom stereocenters. The standard InChI is InChI=1S/C13H17FN2O2/c14-12-9-10(4-6-15-12)13(17)16-7-5-11-3-1-2-8-18-11/h4,6,9,11H,1-3,5,7-8H2,(H,16,17). The molecule has 1 unspecified atom stereocenters. The molecule has 5 heteroatoms. The van der Waals surface area contributed by atoms with Crippen LogP contribution in [-0.2, 0) is 4.74 Å². The van der Waals surface area contributed by atoms with Crippen LogP contribution in [0.4, 0.5) is 4.39 Å². The number of nitrogens with zero attached hydrogens (tertiary/aromatic N) is 1. The van der Waals surface area contributed by atoms with Gasteiger partial charge in [-0.1, -0.05) is 0 Å². The van der Waals surface area contributed by atoms with E-state index >= 15 is 0 Å². The van der Waals surface area contributed by atoms with Gasteiger partial charge in [-0.2, -0.15) is 4.39 Å². The number of halogens is 1. The maximum absolute atomic E-state index is 12.8. The third-order valence-corrected chi connectivity index (χ3v) is 3.01. The van der Waals surface area contributed by atoms with Crippen LogP contribution in [-0.4, -0.2) is 30.1 Å². The summed E-state index contributed by atoms with van der Waals surface area (Å²) in [5, 5.41) is 2.76. The summed E-state index contributed by atoms with van der Waals surface area (Å²) in [6, 6.07) is 2.63. The minimum absolute atomic E-state index is 0.244. The molecule has 2 heterocycles. The van der Waals surface area contributed by atoms with Crippen LogP contribution in [0.15, 0.2) is 18.3 Å². The molecule has 0 radical (unpaired) electrons. The topological polar surface area (TPSA) is 51.2 Å². The van der Waals surface area contributed by atoms with Crippen LogP contribution in [0.3, 0.4) is 0 Å². The van der Waals surface area contributed by atoms with Crippen LogP contribution >= 0.6 is 0 Å². The number of carbonyl (C=O) groups is 1. The van der Waals surface area contributed by atoms with Gasteiger partial charge in [-0.05, 0) is 31.7 Å². The van der Waals surface area contributed by atoms with Crippen molar-refractivity contribution >= 4 is 5.91 Å². The Kier molecular flexibility index (Phi) is 4.64. The quantitative estimate of drug-likeness (QED) is 0.833. The highest BCUT2D eigenvalue weighted by molar-refractivity contribution is 5.93. The van der Waals surface area contributed by atoms with Crippen molar-refractivity contribution in [2.45, 2.75) is 31.8 Å². The lowest BCUT2D eigenvalue weighted by atomic mass is 10.1. The molecule has 0 aliphatic carbocycles. The molecule has 0 aromatic carbocycles. The Labute approximate surface area is 106 Å². The summed E-state index contributed by atoms with van der Waals surface area (Å²) in [6.07, 6.45) is 5.70. The predicted octanol–water partition coefficient (Wildman–Crippen LogP) is 1.91. The lowest BCUT2D eigenvalue weighted by molar-refractivity contribution is 0.0117. The average molecular weight is 252 g/mol. The maximum atomic E-state index is 12.8. The average Bonchev–Trinajstić information content (AvgIpc) is 2.40. The van der Waals surface area contributed by atoms with E-state index in [-0.39, 0.29) is 12.0 Å². The third-order valence-electron chi connectivity index (χ3n) is 3.01. The van der Waals surface area contributed by atoms with E-state index in [1.54, 1.807) is 0 Å². The molecule has 98 valence electrons. The van der Waals surface area contributed by atoms with Crippen LogP contribution < -0.4 is 5.32 Å². The fraction of sp³-hybridized carbons (Fsp3) is 0.538. The summed E-state index contributed by atoms with van der Waals surface area (Å²) in [7, 11) is 0. The zero-order chi connectivity index (χ0) is 12.8. The van der Waals surface area contributed by atoms with Crippen LogP contribution in [0.1, 0.15) is 36.0 Å². The van der Waals surface area contributed by atoms with Crippen LogP contribution in [0.2, 0.25) is 0 Å². The van der Waals surface area contributed by atoms with Crippen molar-refractivity contribution < 1.29 is 13.9 Å². The van der Waals surface area contributed by atoms with Crippen molar-refractivity contribution in [3.8, 4) is 0 Å². The molecule has 1 aliphatic heterocycles. The molecule has 0 saturated carbocycles. The van der Waals surface area contributed by atoms with Crippen LogP contribution in [0.5, 0.6) is 0 Å². The number of hydrogen-bond acceptors (Lipinski definition) is 3. The maximum Gasteiger partial charge on any atom is 0.251 e. The van der Waals surface area contributed by atoms with Gasteiger partial charge in [0.05, 0.1) is 6.10 Å². The molecule has 4 nitrogen and oxygen atoms in total. The Hall–Kier alpha value is -1.49. The molecule has 0 bridgehead atoms. The molecule has 1 N–H and O–H groups in total. The Bertz CT molecular complexity index is 406. The molecule has 1 fully saturated rings. The number of hydrogen-bond donors (Lipinski definition) is 1. The monoisotopic (exact) mass is 252 g/mol. The van der Waals surface area contributed by atoms with Gasteiger partial charge >= 0.3 is 0 Å². The first kappa shape index (κ1) is 13.0. The van der Waals surface area contributed by atoms with E-state index in [1.807, 2.05) is 0 Å². The van der Waals surface area contributed by atoms with Gasteiger partial charge < -0.3 is 10.1 Å². The van der Waals surface area contributed by atoms with Crippen molar-refractivity contribution in [1.29, 1.82) is 0 Å². The molecule has 1 aliphatic rings. The molecule has 1 saturated heterocycles. The second kappa shape index (κ2) is 6.44. The number of rotatable bonds is 4. The van der Waals surface area contributed by atoms with Gasteiger partial charge in [0.25, 0.3) is 5.91 Å². The van der Waals surface area contributed by atoms with Gasteiger partial charge in [-0.3, -0.25) is 4.79 Å². The molecule has 2 rings (SSSR count). The highest BCUT2D eigenvalue weighted by atomic mass is 19.1. The van der Waals surface area contributed by atoms with E-state index in [4.69, 9.17) is 4.74 Å². The Balaban J connectivity index is 1.74. The summed E-state index contributed by atoms with van der Waals surface area (Å²) in [6.45, 7) is 1.36. The number of aromatic nitrogens is 1. The van der Waals surface area contributed by atoms with E-state index < -0.39 is 5.95 Å². The van der Waals surface area contributed by atoms with Gasteiger partial charge in [0.1, 0.15) is 0 Å². The minimum Gasteiger partial charge on any atom is -0.378 e. The zero-order valence-electron chi connectivity index (χ0n) is 10.2. The fourth-order valence-electron chi connectivity index (χ4n) is 2.03. The van der Waals surface area contributed by atoms with Crippen molar-refractivity contribution in [2.24, 2.45) is 0 Å². The first-order chi connectivity index (χ1) is 8.75. The smallest absolute Gasteiger partial charge is 0.251 e. The number of ether oxygens (including phenoxy) is 1. The van der Waals surface area contributed by atoms with Crippen molar-refractivity contribution in [2.75, 3.05) is 13.2 Å². The van der Waals surface area contributed by atoms with Gasteiger partial charge in [0.2, 0.25) is 5.95 Å². The second-order valence-corrected chi connectivity index (χ2v) is 4.40. The summed E-state index contributed by atoms with van der Waals surface area (Å²) in [5.41, 5.74) is 0.298. The number of pyridine rings is 1. The number of nitrogens with one attached hydrogen (secondary N) is 1. The fourth-order valence-corrected chi connectivity index (χ4v) is 2.03. The highest BCUT2D eigenvalue weighted by Gasteiger charge is 2.14. The number of carbonyl (C=O) groups excluding carboxylic acids is 1. The van der Waals surface area contributed by atoms with Crippen molar-refractivity contribution in [3.05, 3.63) is 29.8 Å². The Morgan fingerprint density at radius 2 is 2.44 bits per heavy atom. The largest absolute Gasteiger partial charge is 0.378 e. The highest BCUT2D eigenvalue weighted by Crippen LogP contribution is 2.14. The summed E-state index contributed by atoms with van der Waals surface area (Å²) in [5.74, 6) is -0.912. The molecule has 18 heavy (non-hydrogen) atoms. The van der Waals surface area contributed by atoms with Crippen LogP contribution in [0.25, 0.3) is 0 Å². The van der Waals surface area contributed by atoms with E-state index in [9.17, 15) is 9.18 Å². The molecule has 1 aromatic heterocycles. The van der Waals surface area contributed by atoms with Gasteiger partial charge in [-0.15, -0.1) is 0 Å². The van der Waals surface area contributed by atoms with E-state index in [1.165, 1.54) is 18.7 Å². The molecule has 0 spiro atoms. The first-order valence-corrected chi connectivity index (χ1v) is 6.27. The van der Waals surface area contributed by atoms with Crippen molar-refractivity contribution in [1.82, 2.24) is 10.3 Å². The van der Waals surface area contributed by atoms with Gasteiger partial charge in [-0.25, -0.2) is 4.98 Å². The molecular weight excluding hydrogens is 235 g/mol. The van der Waals surface area contributed by atoms with E-state index in [0.29, 0.717) is 12.1 Å². The molecular formula is C13H17FN2O2. The number of amides is 1. The van der Waals surface area contributed by atoms with Gasteiger partial charge in [0, 0.05) is 31.0 Å². The Morgan fingerprint density at radius 1 is 1.56 bits per heavy atom. The summed E-state index contributed by atoms with van der Waals surface area (Å²) in [4.78, 5) is 15.1. The summed E-state index contributed by atoms with van der Waals surface area (Å²) < 4.78 is 18.4. The lowest BCUT2D eigenvalue weighted by Crippen LogP contribution is -2.29. The third kappa shape index (κ3) is 3.77. The zero-order valence-corrected chi connectivity index (χ0v) is 10.2. The first-order valence-electron chi connectivity index (χ1n) is 6.27. The van der Waals surface area contributed by atoms with Crippen molar-refractivity contribution in [3.63, 3.8) is 0 Å². The SMILES string of the molecule is O=C(NCCC1CCCCO1)c1ccnc(F)c1. The molecule has 1 amide bonds. The van der Waals surface area contributed by atoms with E-state index in [0.717, 1.165) is 31.9 Å². The normalized spacial score (nSPS) is 19.5. The minimum atomic E-state index is -0.640. The van der Waals surface area contributed by atoms with Gasteiger partial charge in [0.15, 0.2) is 0 Å². The van der Waals surface area contributed by atoms with Crippen LogP contribution in [0, 0.1) is 5.95 Å². The molecule has 1 aromatic rings. The summed E-state index contributed by atoms with van der Waals surface area (Å²) >= 11 is 0. The van der Waals surface area contributed by atoms with E-state index in [2.05, 4.69) is 10.3 Å². The predicted molar refractivity (Wildman–Crippen MR) is 64.7 cm³/mol. The second-order valence-electron chi connectivity index (χ2n) is 4.40. The Morgan fingerprint density at radius 3 is 3.17 bits per heavy atom.